The van der Waals surface area contributed by atoms with E-state index in [0.29, 0.717) is 19.0 Å². The molecule has 2 aliphatic heterocycles. The van der Waals surface area contributed by atoms with E-state index in [-0.39, 0.29) is 18.2 Å². The molecule has 1 N–H and O–H groups in total. The summed E-state index contributed by atoms with van der Waals surface area (Å²) >= 11 is 0. The van der Waals surface area contributed by atoms with Crippen molar-refractivity contribution in [2.75, 3.05) is 31.6 Å². The molecule has 19 heavy (non-hydrogen) atoms. The molecule has 1 fully saturated rings. The van der Waals surface area contributed by atoms with Crippen molar-refractivity contribution in [2.24, 2.45) is 0 Å². The molecule has 1 saturated heterocycles. The Morgan fingerprint density at radius 3 is 3.16 bits per heavy atom. The van der Waals surface area contributed by atoms with Crippen molar-refractivity contribution in [2.45, 2.75) is 19.0 Å². The van der Waals surface area contributed by atoms with Crippen molar-refractivity contribution >= 4 is 17.8 Å². The van der Waals surface area contributed by atoms with Crippen LogP contribution in [0.25, 0.3) is 0 Å². The number of nitrogens with one attached hydrogen (secondary N) is 1. The highest BCUT2D eigenvalue weighted by Crippen LogP contribution is 2.20. The number of anilines is 1. The maximum absolute atomic E-state index is 12.3. The van der Waals surface area contributed by atoms with Crippen LogP contribution in [0.5, 0.6) is 0 Å². The number of amides is 2. The molecule has 7 heteroatoms. The van der Waals surface area contributed by atoms with E-state index < -0.39 is 6.04 Å². The Morgan fingerprint density at radius 1 is 1.47 bits per heavy atom. The minimum Gasteiger partial charge on any atom is -0.343 e. The molecule has 0 aromatic carbocycles. The zero-order chi connectivity index (χ0) is 13.4. The van der Waals surface area contributed by atoms with Crippen LogP contribution >= 0.6 is 0 Å². The third-order valence-corrected chi connectivity index (χ3v) is 3.69. The predicted octanol–water partition coefficient (Wildman–Crippen LogP) is -0.950. The van der Waals surface area contributed by atoms with Crippen LogP contribution < -0.4 is 10.2 Å². The fourth-order valence-electron chi connectivity index (χ4n) is 2.58. The smallest absolute Gasteiger partial charge is 0.240 e. The average molecular weight is 263 g/mol. The van der Waals surface area contributed by atoms with Crippen LogP contribution in [0, 0.1) is 0 Å². The van der Waals surface area contributed by atoms with Crippen molar-refractivity contribution in [1.29, 1.82) is 0 Å². The molecule has 2 amide bonds. The van der Waals surface area contributed by atoms with Gasteiger partial charge < -0.3 is 14.8 Å². The van der Waals surface area contributed by atoms with Crippen LogP contribution in [-0.2, 0) is 16.1 Å². The van der Waals surface area contributed by atoms with Gasteiger partial charge in [0.2, 0.25) is 17.8 Å². The molecule has 0 radical (unpaired) electrons. The van der Waals surface area contributed by atoms with Gasteiger partial charge in [-0.1, -0.05) is 0 Å². The van der Waals surface area contributed by atoms with Gasteiger partial charge in [0.1, 0.15) is 0 Å². The molecule has 0 saturated carbocycles. The first-order chi connectivity index (χ1) is 9.16. The molecular formula is C12H17N5O2. The van der Waals surface area contributed by atoms with Crippen LogP contribution in [0.3, 0.4) is 0 Å². The molecule has 3 rings (SSSR count). The van der Waals surface area contributed by atoms with E-state index in [4.69, 9.17) is 0 Å². The van der Waals surface area contributed by atoms with Crippen LogP contribution in [0.1, 0.15) is 6.42 Å². The van der Waals surface area contributed by atoms with E-state index >= 15 is 0 Å². The zero-order valence-corrected chi connectivity index (χ0v) is 10.9. The third-order valence-electron chi connectivity index (χ3n) is 3.69. The van der Waals surface area contributed by atoms with Crippen LogP contribution in [0.15, 0.2) is 12.4 Å². The number of hydrogen-bond donors (Lipinski definition) is 1. The minimum absolute atomic E-state index is 0.0119. The summed E-state index contributed by atoms with van der Waals surface area (Å²) in [5.74, 6) is 0.620. The van der Waals surface area contributed by atoms with E-state index in [0.717, 1.165) is 13.1 Å². The quantitative estimate of drug-likeness (QED) is 0.747. The number of carbonyl (C=O) groups excluding carboxylic acids is 2. The van der Waals surface area contributed by atoms with Crippen molar-refractivity contribution in [3.8, 4) is 0 Å². The van der Waals surface area contributed by atoms with Gasteiger partial charge in [0, 0.05) is 45.6 Å². The lowest BCUT2D eigenvalue weighted by Gasteiger charge is -2.30. The Morgan fingerprint density at radius 2 is 2.32 bits per heavy atom. The number of nitrogens with zero attached hydrogens (tertiary/aromatic N) is 4. The predicted molar refractivity (Wildman–Crippen MR) is 68.6 cm³/mol. The van der Waals surface area contributed by atoms with Gasteiger partial charge in [-0.05, 0) is 0 Å². The Kier molecular flexibility index (Phi) is 2.98. The second kappa shape index (κ2) is 4.65. The third kappa shape index (κ3) is 2.10. The maximum atomic E-state index is 12.3. The molecule has 0 bridgehead atoms. The number of likely N-dealkylation sites (N-methyl/N-ethyl adjacent to an activating group) is 1. The first kappa shape index (κ1) is 12.2. The van der Waals surface area contributed by atoms with Crippen molar-refractivity contribution in [3.05, 3.63) is 12.4 Å². The Hall–Kier alpha value is -1.89. The Labute approximate surface area is 111 Å². The number of hydrogen-bond acceptors (Lipinski definition) is 4. The number of carbonyl (C=O) groups is 2. The molecule has 1 aromatic rings. The van der Waals surface area contributed by atoms with E-state index in [1.807, 2.05) is 10.8 Å². The first-order valence-electron chi connectivity index (χ1n) is 6.46. The van der Waals surface area contributed by atoms with Crippen LogP contribution in [-0.4, -0.2) is 59.0 Å². The summed E-state index contributed by atoms with van der Waals surface area (Å²) in [5.41, 5.74) is 0. The van der Waals surface area contributed by atoms with E-state index in [1.165, 1.54) is 0 Å². The minimum atomic E-state index is -0.407. The van der Waals surface area contributed by atoms with Gasteiger partial charge >= 0.3 is 0 Å². The van der Waals surface area contributed by atoms with Gasteiger partial charge in [-0.2, -0.15) is 0 Å². The lowest BCUT2D eigenvalue weighted by Crippen LogP contribution is -2.55. The molecule has 0 aliphatic carbocycles. The van der Waals surface area contributed by atoms with Gasteiger partial charge in [0.05, 0.1) is 12.5 Å². The molecule has 1 atom stereocenters. The monoisotopic (exact) mass is 263 g/mol. The SMILES string of the molecule is CN1CCNC(CC(=O)N2CCn3ccnc32)C1=O. The second-order valence-corrected chi connectivity index (χ2v) is 4.94. The highest BCUT2D eigenvalue weighted by Gasteiger charge is 2.32. The number of aromatic nitrogens is 2. The van der Waals surface area contributed by atoms with E-state index in [1.54, 1.807) is 23.0 Å². The number of imidazole rings is 1. The molecule has 102 valence electrons. The lowest BCUT2D eigenvalue weighted by atomic mass is 10.1. The molecule has 3 heterocycles. The summed E-state index contributed by atoms with van der Waals surface area (Å²) in [6, 6.07) is -0.407. The maximum Gasteiger partial charge on any atom is 0.240 e. The molecular weight excluding hydrogens is 246 g/mol. The molecule has 2 aliphatic rings. The summed E-state index contributed by atoms with van der Waals surface area (Å²) in [6.07, 6.45) is 3.74. The van der Waals surface area contributed by atoms with Gasteiger partial charge in [0.15, 0.2) is 0 Å². The number of rotatable bonds is 2. The fourth-order valence-corrected chi connectivity index (χ4v) is 2.58. The summed E-state index contributed by atoms with van der Waals surface area (Å²) in [4.78, 5) is 31.7. The summed E-state index contributed by atoms with van der Waals surface area (Å²) in [5, 5.41) is 3.11. The second-order valence-electron chi connectivity index (χ2n) is 4.94. The summed E-state index contributed by atoms with van der Waals surface area (Å²) in [6.45, 7) is 2.83. The molecule has 1 aromatic heterocycles. The van der Waals surface area contributed by atoms with Crippen LogP contribution in [0.4, 0.5) is 5.95 Å². The van der Waals surface area contributed by atoms with Crippen molar-refractivity contribution in [3.63, 3.8) is 0 Å². The van der Waals surface area contributed by atoms with E-state index in [9.17, 15) is 9.59 Å². The number of piperazine rings is 1. The highest BCUT2D eigenvalue weighted by atomic mass is 16.2. The highest BCUT2D eigenvalue weighted by molar-refractivity contribution is 5.96. The summed E-state index contributed by atoms with van der Waals surface area (Å²) < 4.78 is 1.94. The normalized spacial score (nSPS) is 22.8. The van der Waals surface area contributed by atoms with Gasteiger partial charge in [0.25, 0.3) is 0 Å². The Bertz CT molecular complexity index is 512. The van der Waals surface area contributed by atoms with Gasteiger partial charge in [-0.3, -0.25) is 14.5 Å². The first-order valence-corrected chi connectivity index (χ1v) is 6.46. The average Bonchev–Trinajstić information content (AvgIpc) is 2.96. The van der Waals surface area contributed by atoms with Gasteiger partial charge in [-0.25, -0.2) is 4.98 Å². The Balaban J connectivity index is 1.68. The zero-order valence-electron chi connectivity index (χ0n) is 10.9. The molecule has 0 spiro atoms. The van der Waals surface area contributed by atoms with Crippen LogP contribution in [0.2, 0.25) is 0 Å². The van der Waals surface area contributed by atoms with E-state index in [2.05, 4.69) is 10.3 Å². The molecule has 7 nitrogen and oxygen atoms in total. The largest absolute Gasteiger partial charge is 0.343 e. The fraction of sp³-hybridized carbons (Fsp3) is 0.583. The van der Waals surface area contributed by atoms with Gasteiger partial charge in [-0.15, -0.1) is 0 Å². The number of fused-ring (bicyclic) bond motifs is 1. The molecule has 1 unspecified atom stereocenters. The van der Waals surface area contributed by atoms with Crippen molar-refractivity contribution in [1.82, 2.24) is 19.8 Å². The van der Waals surface area contributed by atoms with Crippen molar-refractivity contribution < 1.29 is 9.59 Å². The standard InChI is InChI=1S/C12H17N5O2/c1-15-4-2-13-9(11(15)19)8-10(18)17-7-6-16-5-3-14-12(16)17/h3,5,9,13H,2,4,6-8H2,1H3. The summed E-state index contributed by atoms with van der Waals surface area (Å²) in [7, 11) is 1.77. The topological polar surface area (TPSA) is 70.5 Å². The lowest BCUT2D eigenvalue weighted by molar-refractivity contribution is -0.136.